The second kappa shape index (κ2) is 7.44. The Kier molecular flexibility index (Phi) is 4.84. The Bertz CT molecular complexity index is 1150. The first-order chi connectivity index (χ1) is 13.5. The molecule has 0 bridgehead atoms. The molecule has 6 heteroatoms. The monoisotopic (exact) mass is 392 g/mol. The molecular formula is C22H17ClN2O3. The third kappa shape index (κ3) is 3.49. The molecule has 0 N–H and O–H groups in total. The fraction of sp³-hybridized carbons (Fsp3) is 0.136. The quantitative estimate of drug-likeness (QED) is 0.428. The molecule has 0 aliphatic heterocycles. The van der Waals surface area contributed by atoms with Crippen molar-refractivity contribution in [2.45, 2.75) is 20.5 Å². The molecule has 0 aliphatic carbocycles. The number of hydrogen-bond donors (Lipinski definition) is 0. The highest BCUT2D eigenvalue weighted by Crippen LogP contribution is 2.27. The van der Waals surface area contributed by atoms with Gasteiger partial charge in [-0.1, -0.05) is 47.1 Å². The topological polar surface area (TPSA) is 65.2 Å². The van der Waals surface area contributed by atoms with E-state index >= 15 is 0 Å². The minimum atomic E-state index is -0.422. The Morgan fingerprint density at radius 2 is 1.86 bits per heavy atom. The Balaban J connectivity index is 1.72. The fourth-order valence-electron chi connectivity index (χ4n) is 3.04. The Labute approximate surface area is 166 Å². The van der Waals surface area contributed by atoms with E-state index in [0.717, 1.165) is 22.0 Å². The second-order valence-corrected chi connectivity index (χ2v) is 6.89. The van der Waals surface area contributed by atoms with Gasteiger partial charge in [0, 0.05) is 16.0 Å². The summed E-state index contributed by atoms with van der Waals surface area (Å²) < 4.78 is 10.7. The van der Waals surface area contributed by atoms with E-state index in [9.17, 15) is 4.79 Å². The fourth-order valence-corrected chi connectivity index (χ4v) is 3.16. The zero-order valence-electron chi connectivity index (χ0n) is 15.4. The smallest absolute Gasteiger partial charge is 0.339 e. The molecule has 0 saturated heterocycles. The van der Waals surface area contributed by atoms with E-state index in [1.54, 1.807) is 25.1 Å². The van der Waals surface area contributed by atoms with Gasteiger partial charge in [-0.25, -0.2) is 9.78 Å². The van der Waals surface area contributed by atoms with E-state index in [1.807, 2.05) is 43.3 Å². The number of fused-ring (bicyclic) bond motifs is 1. The van der Waals surface area contributed by atoms with Gasteiger partial charge in [0.05, 0.1) is 28.0 Å². The first-order valence-corrected chi connectivity index (χ1v) is 9.15. The van der Waals surface area contributed by atoms with Gasteiger partial charge in [0.15, 0.2) is 0 Å². The van der Waals surface area contributed by atoms with Crippen LogP contribution in [-0.4, -0.2) is 16.1 Å². The van der Waals surface area contributed by atoms with Gasteiger partial charge in [0.25, 0.3) is 0 Å². The molecule has 0 radical (unpaired) electrons. The summed E-state index contributed by atoms with van der Waals surface area (Å²) >= 11 is 5.98. The average Bonchev–Trinajstić information content (AvgIpc) is 3.03. The van der Waals surface area contributed by atoms with Crippen molar-refractivity contribution in [2.75, 3.05) is 0 Å². The standard InChI is InChI=1S/C22H17ClN2O3/c1-13-19(14(2)28-25-13)12-27-22(26)18-11-21(15-7-9-16(23)10-8-15)24-20-6-4-3-5-17(18)20/h3-11H,12H2,1-2H3. The minimum Gasteiger partial charge on any atom is -0.457 e. The summed E-state index contributed by atoms with van der Waals surface area (Å²) in [6, 6.07) is 16.6. The molecule has 2 aromatic heterocycles. The third-order valence-electron chi connectivity index (χ3n) is 4.60. The maximum atomic E-state index is 12.9. The normalized spacial score (nSPS) is 11.0. The summed E-state index contributed by atoms with van der Waals surface area (Å²) in [6.07, 6.45) is 0. The lowest BCUT2D eigenvalue weighted by molar-refractivity contribution is 0.0473. The number of rotatable bonds is 4. The molecule has 0 unspecified atom stereocenters. The van der Waals surface area contributed by atoms with Crippen LogP contribution in [-0.2, 0) is 11.3 Å². The predicted molar refractivity (Wildman–Crippen MR) is 107 cm³/mol. The second-order valence-electron chi connectivity index (χ2n) is 6.46. The molecule has 4 aromatic rings. The molecule has 0 amide bonds. The predicted octanol–water partition coefficient (Wildman–Crippen LogP) is 5.52. The molecule has 28 heavy (non-hydrogen) atoms. The van der Waals surface area contributed by atoms with Crippen molar-refractivity contribution in [1.82, 2.24) is 10.1 Å². The number of benzene rings is 2. The van der Waals surface area contributed by atoms with Crippen molar-refractivity contribution in [1.29, 1.82) is 0 Å². The van der Waals surface area contributed by atoms with Crippen LogP contribution in [0.2, 0.25) is 5.02 Å². The van der Waals surface area contributed by atoms with Crippen LogP contribution in [0, 0.1) is 13.8 Å². The zero-order valence-corrected chi connectivity index (χ0v) is 16.2. The number of aryl methyl sites for hydroxylation is 2. The highest BCUT2D eigenvalue weighted by atomic mass is 35.5. The van der Waals surface area contributed by atoms with E-state index < -0.39 is 5.97 Å². The summed E-state index contributed by atoms with van der Waals surface area (Å²) in [5, 5.41) is 5.27. The molecule has 2 heterocycles. The van der Waals surface area contributed by atoms with Gasteiger partial charge in [0.1, 0.15) is 12.4 Å². The molecule has 140 valence electrons. The van der Waals surface area contributed by atoms with Crippen LogP contribution in [0.5, 0.6) is 0 Å². The maximum Gasteiger partial charge on any atom is 0.339 e. The largest absolute Gasteiger partial charge is 0.457 e. The number of pyridine rings is 1. The van der Waals surface area contributed by atoms with Crippen molar-refractivity contribution >= 4 is 28.5 Å². The Hall–Kier alpha value is -3.18. The van der Waals surface area contributed by atoms with Gasteiger partial charge >= 0.3 is 5.97 Å². The first-order valence-electron chi connectivity index (χ1n) is 8.77. The van der Waals surface area contributed by atoms with Crippen LogP contribution < -0.4 is 0 Å². The van der Waals surface area contributed by atoms with E-state index in [4.69, 9.17) is 20.9 Å². The summed E-state index contributed by atoms with van der Waals surface area (Å²) in [5.74, 6) is 0.223. The highest BCUT2D eigenvalue weighted by molar-refractivity contribution is 6.30. The van der Waals surface area contributed by atoms with Crippen molar-refractivity contribution in [2.24, 2.45) is 0 Å². The SMILES string of the molecule is Cc1noc(C)c1COC(=O)c1cc(-c2ccc(Cl)cc2)nc2ccccc12. The minimum absolute atomic E-state index is 0.104. The number of halogens is 1. The van der Waals surface area contributed by atoms with Crippen LogP contribution in [0.25, 0.3) is 22.2 Å². The summed E-state index contributed by atoms with van der Waals surface area (Å²) in [5.41, 5.74) is 4.23. The van der Waals surface area contributed by atoms with Crippen LogP contribution in [0.1, 0.15) is 27.4 Å². The Morgan fingerprint density at radius 1 is 1.11 bits per heavy atom. The van der Waals surface area contributed by atoms with Gasteiger partial charge in [-0.2, -0.15) is 0 Å². The highest BCUT2D eigenvalue weighted by Gasteiger charge is 2.17. The number of para-hydroxylation sites is 1. The van der Waals surface area contributed by atoms with Gasteiger partial charge in [-0.3, -0.25) is 0 Å². The number of carbonyl (C=O) groups is 1. The van der Waals surface area contributed by atoms with Crippen LogP contribution in [0.15, 0.2) is 59.1 Å². The summed E-state index contributed by atoms with van der Waals surface area (Å²) in [6.45, 7) is 3.72. The number of hydrogen-bond acceptors (Lipinski definition) is 5. The lowest BCUT2D eigenvalue weighted by atomic mass is 10.0. The number of carbonyl (C=O) groups excluding carboxylic acids is 1. The first kappa shape index (κ1) is 18.2. The van der Waals surface area contributed by atoms with Crippen molar-refractivity contribution in [3.8, 4) is 11.3 Å². The van der Waals surface area contributed by atoms with Crippen LogP contribution >= 0.6 is 11.6 Å². The van der Waals surface area contributed by atoms with E-state index in [0.29, 0.717) is 27.7 Å². The Morgan fingerprint density at radius 3 is 2.57 bits per heavy atom. The van der Waals surface area contributed by atoms with Crippen LogP contribution in [0.4, 0.5) is 0 Å². The number of nitrogens with zero attached hydrogens (tertiary/aromatic N) is 2. The number of ether oxygens (including phenoxy) is 1. The average molecular weight is 393 g/mol. The third-order valence-corrected chi connectivity index (χ3v) is 4.86. The maximum absolute atomic E-state index is 12.9. The van der Waals surface area contributed by atoms with Gasteiger partial charge in [0.2, 0.25) is 0 Å². The molecule has 5 nitrogen and oxygen atoms in total. The molecule has 0 atom stereocenters. The van der Waals surface area contributed by atoms with Gasteiger partial charge < -0.3 is 9.26 Å². The number of aromatic nitrogens is 2. The summed E-state index contributed by atoms with van der Waals surface area (Å²) in [7, 11) is 0. The molecule has 0 fully saturated rings. The number of esters is 1. The molecule has 0 aliphatic rings. The van der Waals surface area contributed by atoms with Crippen molar-refractivity contribution in [3.63, 3.8) is 0 Å². The van der Waals surface area contributed by atoms with E-state index in [1.165, 1.54) is 0 Å². The lowest BCUT2D eigenvalue weighted by Gasteiger charge is -2.10. The van der Waals surface area contributed by atoms with Gasteiger partial charge in [-0.05, 0) is 38.1 Å². The van der Waals surface area contributed by atoms with Crippen molar-refractivity contribution < 1.29 is 14.1 Å². The van der Waals surface area contributed by atoms with Crippen LogP contribution in [0.3, 0.4) is 0 Å². The molecule has 2 aromatic carbocycles. The summed E-state index contributed by atoms with van der Waals surface area (Å²) in [4.78, 5) is 17.6. The molecular weight excluding hydrogens is 376 g/mol. The van der Waals surface area contributed by atoms with Crippen molar-refractivity contribution in [3.05, 3.63) is 82.2 Å². The zero-order chi connectivity index (χ0) is 19.7. The van der Waals surface area contributed by atoms with E-state index in [-0.39, 0.29) is 6.61 Å². The molecule has 4 rings (SSSR count). The molecule has 0 spiro atoms. The lowest BCUT2D eigenvalue weighted by Crippen LogP contribution is -2.08. The molecule has 0 saturated carbocycles. The van der Waals surface area contributed by atoms with Gasteiger partial charge in [-0.15, -0.1) is 0 Å². The van der Waals surface area contributed by atoms with E-state index in [2.05, 4.69) is 10.1 Å².